The van der Waals surface area contributed by atoms with Gasteiger partial charge in [-0.05, 0) is 48.2 Å². The molecule has 0 saturated carbocycles. The summed E-state index contributed by atoms with van der Waals surface area (Å²) in [5.74, 6) is -2.73. The lowest BCUT2D eigenvalue weighted by atomic mass is 10.0. The molecule has 4 heteroatoms. The summed E-state index contributed by atoms with van der Waals surface area (Å²) in [5.41, 5.74) is 0.731. The molecule has 2 aromatic carbocycles. The quantitative estimate of drug-likeness (QED) is 0.724. The Morgan fingerprint density at radius 2 is 1.11 bits per heavy atom. The molecule has 0 aliphatic heterocycles. The summed E-state index contributed by atoms with van der Waals surface area (Å²) in [6, 6.07) is 6.19. The summed E-state index contributed by atoms with van der Waals surface area (Å²) in [6.45, 7) is 0. The normalized spacial score (nSPS) is 10.7. The fourth-order valence-electron chi connectivity index (χ4n) is 1.66. The number of hydrogen-bond acceptors (Lipinski definition) is 0. The van der Waals surface area contributed by atoms with Crippen molar-refractivity contribution in [2.45, 2.75) is 6.42 Å². The van der Waals surface area contributed by atoms with Crippen molar-refractivity contribution in [2.75, 3.05) is 0 Å². The number of halogens is 4. The standard InChI is InChI=1S/C14H9F4/c15-11-3-9(4-12(16)7-11)1-2-10-5-13(17)8-14(18)6-10/h1,3-8H,2H2. The first-order valence-corrected chi connectivity index (χ1v) is 5.27. The maximum Gasteiger partial charge on any atom is 0.126 e. The molecular formula is C14H9F4. The van der Waals surface area contributed by atoms with E-state index in [2.05, 4.69) is 0 Å². The van der Waals surface area contributed by atoms with Gasteiger partial charge in [0.1, 0.15) is 23.3 Å². The first-order valence-electron chi connectivity index (χ1n) is 5.27. The van der Waals surface area contributed by atoms with Crippen LogP contribution in [-0.4, -0.2) is 0 Å². The van der Waals surface area contributed by atoms with E-state index in [0.29, 0.717) is 11.1 Å². The lowest BCUT2D eigenvalue weighted by Crippen LogP contribution is -1.93. The topological polar surface area (TPSA) is 0 Å². The monoisotopic (exact) mass is 253 g/mol. The summed E-state index contributed by atoms with van der Waals surface area (Å²) >= 11 is 0. The average Bonchev–Trinajstić information content (AvgIpc) is 2.23. The van der Waals surface area contributed by atoms with Crippen LogP contribution in [0.15, 0.2) is 36.4 Å². The van der Waals surface area contributed by atoms with Gasteiger partial charge in [0.05, 0.1) is 0 Å². The second kappa shape index (κ2) is 5.21. The van der Waals surface area contributed by atoms with Crippen LogP contribution in [0.25, 0.3) is 0 Å². The fraction of sp³-hybridized carbons (Fsp3) is 0.0714. The van der Waals surface area contributed by atoms with Gasteiger partial charge in [-0.2, -0.15) is 0 Å². The van der Waals surface area contributed by atoms with E-state index in [0.717, 1.165) is 24.3 Å². The van der Waals surface area contributed by atoms with Crippen molar-refractivity contribution in [1.29, 1.82) is 0 Å². The van der Waals surface area contributed by atoms with Crippen molar-refractivity contribution in [3.05, 3.63) is 77.2 Å². The molecule has 0 aromatic heterocycles. The molecule has 0 bridgehead atoms. The average molecular weight is 253 g/mol. The Labute approximate surface area is 102 Å². The third kappa shape index (κ3) is 3.32. The summed E-state index contributed by atoms with van der Waals surface area (Å²) in [5, 5.41) is 0. The molecule has 0 fully saturated rings. The van der Waals surface area contributed by atoms with Crippen molar-refractivity contribution in [3.63, 3.8) is 0 Å². The Morgan fingerprint density at radius 1 is 0.667 bits per heavy atom. The lowest BCUT2D eigenvalue weighted by molar-refractivity contribution is 0.578. The second-order valence-corrected chi connectivity index (χ2v) is 3.89. The lowest BCUT2D eigenvalue weighted by Gasteiger charge is -2.03. The van der Waals surface area contributed by atoms with E-state index in [9.17, 15) is 17.6 Å². The summed E-state index contributed by atoms with van der Waals surface area (Å²) in [7, 11) is 0. The molecule has 2 aromatic rings. The van der Waals surface area contributed by atoms with Gasteiger partial charge in [-0.1, -0.05) is 0 Å². The molecule has 0 N–H and O–H groups in total. The SMILES string of the molecule is Fc1cc(F)cc([CH]Cc2cc(F)cc(F)c2)c1. The summed E-state index contributed by atoms with van der Waals surface area (Å²) < 4.78 is 51.6. The molecule has 93 valence electrons. The third-order valence-corrected chi connectivity index (χ3v) is 2.38. The molecule has 0 aliphatic carbocycles. The first kappa shape index (κ1) is 12.6. The zero-order valence-corrected chi connectivity index (χ0v) is 9.26. The maximum atomic E-state index is 12.9. The summed E-state index contributed by atoms with van der Waals surface area (Å²) in [6.07, 6.45) is 1.69. The Bertz CT molecular complexity index is 472. The van der Waals surface area contributed by atoms with E-state index in [1.807, 2.05) is 0 Å². The molecule has 0 atom stereocenters. The Morgan fingerprint density at radius 3 is 1.61 bits per heavy atom. The highest BCUT2D eigenvalue weighted by Crippen LogP contribution is 2.15. The predicted molar refractivity (Wildman–Crippen MR) is 59.8 cm³/mol. The van der Waals surface area contributed by atoms with Crippen molar-refractivity contribution in [3.8, 4) is 0 Å². The second-order valence-electron chi connectivity index (χ2n) is 3.89. The molecule has 2 rings (SSSR count). The third-order valence-electron chi connectivity index (χ3n) is 2.38. The van der Waals surface area contributed by atoms with Crippen LogP contribution < -0.4 is 0 Å². The molecule has 0 unspecified atom stereocenters. The van der Waals surface area contributed by atoms with Gasteiger partial charge in [0.15, 0.2) is 0 Å². The van der Waals surface area contributed by atoms with Gasteiger partial charge >= 0.3 is 0 Å². The van der Waals surface area contributed by atoms with Crippen LogP contribution >= 0.6 is 0 Å². The number of benzene rings is 2. The smallest absolute Gasteiger partial charge is 0.126 e. The zero-order chi connectivity index (χ0) is 13.1. The Kier molecular flexibility index (Phi) is 3.65. The molecule has 0 spiro atoms. The van der Waals surface area contributed by atoms with Crippen molar-refractivity contribution >= 4 is 0 Å². The number of rotatable bonds is 3. The van der Waals surface area contributed by atoms with E-state index < -0.39 is 23.3 Å². The van der Waals surface area contributed by atoms with Crippen LogP contribution in [0, 0.1) is 29.7 Å². The highest BCUT2D eigenvalue weighted by Gasteiger charge is 2.04. The summed E-state index contributed by atoms with van der Waals surface area (Å²) in [4.78, 5) is 0. The van der Waals surface area contributed by atoms with Gasteiger partial charge in [-0.15, -0.1) is 0 Å². The molecule has 0 nitrogen and oxygen atoms in total. The van der Waals surface area contributed by atoms with Crippen molar-refractivity contribution < 1.29 is 17.6 Å². The molecular weight excluding hydrogens is 244 g/mol. The minimum atomic E-state index is -0.688. The van der Waals surface area contributed by atoms with Gasteiger partial charge < -0.3 is 0 Å². The maximum absolute atomic E-state index is 12.9. The van der Waals surface area contributed by atoms with E-state index in [1.54, 1.807) is 0 Å². The molecule has 0 heterocycles. The first-order chi connectivity index (χ1) is 8.52. The van der Waals surface area contributed by atoms with E-state index in [4.69, 9.17) is 0 Å². The van der Waals surface area contributed by atoms with Crippen LogP contribution in [0.1, 0.15) is 11.1 Å². The van der Waals surface area contributed by atoms with Crippen LogP contribution in [0.3, 0.4) is 0 Å². The van der Waals surface area contributed by atoms with Crippen LogP contribution in [0.5, 0.6) is 0 Å². The highest BCUT2D eigenvalue weighted by atomic mass is 19.1. The minimum absolute atomic E-state index is 0.192. The van der Waals surface area contributed by atoms with Gasteiger partial charge in [-0.25, -0.2) is 17.6 Å². The van der Waals surface area contributed by atoms with Gasteiger partial charge in [-0.3, -0.25) is 0 Å². The fourth-order valence-corrected chi connectivity index (χ4v) is 1.66. The molecule has 18 heavy (non-hydrogen) atoms. The Balaban J connectivity index is 2.11. The molecule has 0 aliphatic rings. The largest absolute Gasteiger partial charge is 0.207 e. The predicted octanol–water partition coefficient (Wildman–Crippen LogP) is 4.04. The Hall–Kier alpha value is -1.84. The van der Waals surface area contributed by atoms with Crippen molar-refractivity contribution in [2.24, 2.45) is 0 Å². The van der Waals surface area contributed by atoms with Crippen LogP contribution in [0.4, 0.5) is 17.6 Å². The van der Waals surface area contributed by atoms with E-state index >= 15 is 0 Å². The van der Waals surface area contributed by atoms with Crippen LogP contribution in [-0.2, 0) is 6.42 Å². The van der Waals surface area contributed by atoms with E-state index in [-0.39, 0.29) is 6.42 Å². The van der Waals surface area contributed by atoms with Crippen LogP contribution in [0.2, 0.25) is 0 Å². The van der Waals surface area contributed by atoms with Crippen molar-refractivity contribution in [1.82, 2.24) is 0 Å². The molecule has 0 saturated heterocycles. The zero-order valence-electron chi connectivity index (χ0n) is 9.26. The molecule has 0 amide bonds. The molecule has 1 radical (unpaired) electrons. The van der Waals surface area contributed by atoms with E-state index in [1.165, 1.54) is 18.6 Å². The van der Waals surface area contributed by atoms with Gasteiger partial charge in [0.25, 0.3) is 0 Å². The highest BCUT2D eigenvalue weighted by molar-refractivity contribution is 5.28. The minimum Gasteiger partial charge on any atom is -0.207 e. The number of hydrogen-bond donors (Lipinski definition) is 0. The van der Waals surface area contributed by atoms with Gasteiger partial charge in [0.2, 0.25) is 0 Å². The van der Waals surface area contributed by atoms with Gasteiger partial charge in [0, 0.05) is 12.1 Å².